The normalized spacial score (nSPS) is 11.8. The van der Waals surface area contributed by atoms with Gasteiger partial charge in [-0.3, -0.25) is 4.79 Å². The van der Waals surface area contributed by atoms with Crippen LogP contribution in [0.5, 0.6) is 0 Å². The van der Waals surface area contributed by atoms with Gasteiger partial charge in [0.25, 0.3) is 5.56 Å². The predicted molar refractivity (Wildman–Crippen MR) is 96.3 cm³/mol. The molecule has 10 heteroatoms. The van der Waals surface area contributed by atoms with E-state index in [0.717, 1.165) is 0 Å². The first-order valence-corrected chi connectivity index (χ1v) is 9.25. The van der Waals surface area contributed by atoms with Crippen molar-refractivity contribution < 1.29 is 12.8 Å². The van der Waals surface area contributed by atoms with E-state index in [9.17, 15) is 17.6 Å². The van der Waals surface area contributed by atoms with Crippen LogP contribution in [-0.4, -0.2) is 28.2 Å². The number of nitrogens with zero attached hydrogens (tertiary/aromatic N) is 3. The molecule has 0 radical (unpaired) electrons. The number of primary sulfonamides is 1. The van der Waals surface area contributed by atoms with E-state index in [1.165, 1.54) is 59.4 Å². The van der Waals surface area contributed by atoms with Gasteiger partial charge in [0.15, 0.2) is 5.65 Å². The Morgan fingerprint density at radius 1 is 1.04 bits per heavy atom. The number of halogens is 1. The fraction of sp³-hybridized carbons (Fsp3) is 0. The molecule has 27 heavy (non-hydrogen) atoms. The molecule has 8 nitrogen and oxygen atoms in total. The van der Waals surface area contributed by atoms with Crippen molar-refractivity contribution in [2.24, 2.45) is 5.14 Å². The molecule has 0 saturated carbocycles. The minimum absolute atomic E-state index is 0.0412. The number of aromatic nitrogens is 4. The third-order valence-electron chi connectivity index (χ3n) is 3.97. The van der Waals surface area contributed by atoms with Gasteiger partial charge in [-0.25, -0.2) is 27.6 Å². The first kappa shape index (κ1) is 17.1. The lowest BCUT2D eigenvalue weighted by Gasteiger charge is -2.06. The van der Waals surface area contributed by atoms with Crippen molar-refractivity contribution in [1.29, 1.82) is 0 Å². The lowest BCUT2D eigenvalue weighted by molar-refractivity contribution is 0.597. The molecular formula is C17H12FN5O3S. The molecule has 4 aromatic rings. The van der Waals surface area contributed by atoms with Gasteiger partial charge < -0.3 is 4.98 Å². The van der Waals surface area contributed by atoms with Crippen molar-refractivity contribution in [3.63, 3.8) is 0 Å². The Labute approximate surface area is 152 Å². The summed E-state index contributed by atoms with van der Waals surface area (Å²) >= 11 is 0. The van der Waals surface area contributed by atoms with Crippen molar-refractivity contribution in [2.75, 3.05) is 0 Å². The van der Waals surface area contributed by atoms with Gasteiger partial charge in [-0.1, -0.05) is 0 Å². The van der Waals surface area contributed by atoms with E-state index in [-0.39, 0.29) is 21.8 Å². The molecule has 0 bridgehead atoms. The molecule has 0 aliphatic rings. The van der Waals surface area contributed by atoms with Crippen LogP contribution in [0, 0.1) is 5.82 Å². The maximum absolute atomic E-state index is 13.1. The second kappa shape index (κ2) is 6.11. The van der Waals surface area contributed by atoms with Crippen LogP contribution >= 0.6 is 0 Å². The molecule has 0 aliphatic heterocycles. The van der Waals surface area contributed by atoms with E-state index >= 15 is 0 Å². The number of sulfonamides is 1. The summed E-state index contributed by atoms with van der Waals surface area (Å²) in [5.41, 5.74) is 0.918. The minimum Gasteiger partial charge on any atom is -0.306 e. The second-order valence-corrected chi connectivity index (χ2v) is 7.32. The van der Waals surface area contributed by atoms with Crippen LogP contribution in [-0.2, 0) is 10.0 Å². The van der Waals surface area contributed by atoms with Gasteiger partial charge >= 0.3 is 0 Å². The number of benzene rings is 2. The monoisotopic (exact) mass is 385 g/mol. The Hall–Kier alpha value is -3.37. The zero-order valence-electron chi connectivity index (χ0n) is 13.6. The first-order chi connectivity index (χ1) is 12.8. The maximum atomic E-state index is 13.1. The van der Waals surface area contributed by atoms with Crippen LogP contribution in [0.25, 0.3) is 28.1 Å². The van der Waals surface area contributed by atoms with E-state index < -0.39 is 21.4 Å². The van der Waals surface area contributed by atoms with Gasteiger partial charge in [0.2, 0.25) is 10.0 Å². The molecule has 136 valence electrons. The van der Waals surface area contributed by atoms with E-state index in [1.54, 1.807) is 0 Å². The molecule has 0 spiro atoms. The van der Waals surface area contributed by atoms with E-state index in [1.807, 2.05) is 0 Å². The molecule has 0 saturated heterocycles. The van der Waals surface area contributed by atoms with E-state index in [0.29, 0.717) is 11.3 Å². The number of hydrogen-bond donors (Lipinski definition) is 2. The zero-order chi connectivity index (χ0) is 19.2. The second-order valence-electron chi connectivity index (χ2n) is 5.75. The van der Waals surface area contributed by atoms with E-state index in [4.69, 9.17) is 5.14 Å². The Morgan fingerprint density at radius 3 is 2.33 bits per heavy atom. The summed E-state index contributed by atoms with van der Waals surface area (Å²) < 4.78 is 37.3. The molecule has 2 heterocycles. The Morgan fingerprint density at radius 2 is 1.70 bits per heavy atom. The summed E-state index contributed by atoms with van der Waals surface area (Å²) in [6, 6.07) is 11.2. The molecule has 4 rings (SSSR count). The summed E-state index contributed by atoms with van der Waals surface area (Å²) in [6.07, 6.45) is 1.36. The van der Waals surface area contributed by atoms with Crippen LogP contribution in [0.2, 0.25) is 0 Å². The maximum Gasteiger partial charge on any atom is 0.262 e. The lowest BCUT2D eigenvalue weighted by atomic mass is 10.2. The fourth-order valence-electron chi connectivity index (χ4n) is 2.63. The van der Waals surface area contributed by atoms with Crippen LogP contribution in [0.3, 0.4) is 0 Å². The average molecular weight is 385 g/mol. The van der Waals surface area contributed by atoms with Crippen LogP contribution in [0.15, 0.2) is 64.4 Å². The fourth-order valence-corrected chi connectivity index (χ4v) is 3.14. The Bertz CT molecular complexity index is 1310. The summed E-state index contributed by atoms with van der Waals surface area (Å²) in [5.74, 6) is -0.141. The van der Waals surface area contributed by atoms with Crippen molar-refractivity contribution in [2.45, 2.75) is 4.90 Å². The van der Waals surface area contributed by atoms with Crippen molar-refractivity contribution in [3.8, 4) is 17.1 Å². The van der Waals surface area contributed by atoms with Crippen molar-refractivity contribution >= 4 is 21.1 Å². The molecule has 2 aromatic heterocycles. The highest BCUT2D eigenvalue weighted by molar-refractivity contribution is 7.89. The summed E-state index contributed by atoms with van der Waals surface area (Å²) in [7, 11) is -3.81. The third kappa shape index (κ3) is 3.11. The average Bonchev–Trinajstić information content (AvgIpc) is 3.06. The molecular weight excluding hydrogens is 373 g/mol. The Balaban J connectivity index is 1.87. The van der Waals surface area contributed by atoms with Crippen LogP contribution < -0.4 is 10.7 Å². The summed E-state index contributed by atoms with van der Waals surface area (Å²) in [5, 5.41) is 9.52. The highest BCUT2D eigenvalue weighted by atomic mass is 32.2. The van der Waals surface area contributed by atoms with Crippen LogP contribution in [0.1, 0.15) is 0 Å². The SMILES string of the molecule is NS(=O)(=O)c1ccc(-n2ncc3c(=O)[nH]c(-c4ccc(F)cc4)nc32)cc1. The molecule has 0 amide bonds. The van der Waals surface area contributed by atoms with E-state index in [2.05, 4.69) is 15.1 Å². The smallest absolute Gasteiger partial charge is 0.262 e. The predicted octanol–water partition coefficient (Wildman–Crippen LogP) is 1.56. The number of nitrogens with one attached hydrogen (secondary N) is 1. The number of H-pyrrole nitrogens is 1. The van der Waals surface area contributed by atoms with Gasteiger partial charge in [-0.2, -0.15) is 5.10 Å². The highest BCUT2D eigenvalue weighted by Crippen LogP contribution is 2.20. The number of hydrogen-bond acceptors (Lipinski definition) is 5. The largest absolute Gasteiger partial charge is 0.306 e. The summed E-state index contributed by atoms with van der Waals surface area (Å²) in [4.78, 5) is 19.4. The molecule has 0 unspecified atom stereocenters. The highest BCUT2D eigenvalue weighted by Gasteiger charge is 2.14. The van der Waals surface area contributed by atoms with Crippen molar-refractivity contribution in [3.05, 3.63) is 70.9 Å². The number of rotatable bonds is 3. The van der Waals surface area contributed by atoms with Gasteiger partial charge in [-0.15, -0.1) is 0 Å². The van der Waals surface area contributed by atoms with Gasteiger partial charge in [0.05, 0.1) is 16.8 Å². The lowest BCUT2D eigenvalue weighted by Crippen LogP contribution is -2.12. The topological polar surface area (TPSA) is 124 Å². The summed E-state index contributed by atoms with van der Waals surface area (Å²) in [6.45, 7) is 0. The Kier molecular flexibility index (Phi) is 3.86. The van der Waals surface area contributed by atoms with Crippen molar-refractivity contribution in [1.82, 2.24) is 19.7 Å². The molecule has 0 atom stereocenters. The van der Waals surface area contributed by atoms with Gasteiger partial charge in [0.1, 0.15) is 17.0 Å². The van der Waals surface area contributed by atoms with Crippen LogP contribution in [0.4, 0.5) is 4.39 Å². The zero-order valence-corrected chi connectivity index (χ0v) is 14.4. The van der Waals surface area contributed by atoms with Gasteiger partial charge in [-0.05, 0) is 48.5 Å². The number of nitrogens with two attached hydrogens (primary N) is 1. The first-order valence-electron chi connectivity index (χ1n) is 7.70. The minimum atomic E-state index is -3.81. The molecule has 2 aromatic carbocycles. The number of fused-ring (bicyclic) bond motifs is 1. The van der Waals surface area contributed by atoms with Gasteiger partial charge in [0, 0.05) is 5.56 Å². The quantitative estimate of drug-likeness (QED) is 0.554. The molecule has 3 N–H and O–H groups in total. The third-order valence-corrected chi connectivity index (χ3v) is 4.89. The molecule has 0 aliphatic carbocycles. The molecule has 0 fully saturated rings. The number of aromatic amines is 1. The standard InChI is InChI=1S/C17H12FN5O3S/c18-11-3-1-10(2-4-11)15-21-16-14(17(24)22-15)9-20-23(16)12-5-7-13(8-6-12)27(19,25)26/h1-9H,(H2,19,25,26)(H,21,22,24).